The van der Waals surface area contributed by atoms with E-state index in [1.807, 2.05) is 23.9 Å². The smallest absolute Gasteiger partial charge is 0.135 e. The Balaban J connectivity index is 1.67. The Kier molecular flexibility index (Phi) is 4.82. The van der Waals surface area contributed by atoms with E-state index in [9.17, 15) is 0 Å². The van der Waals surface area contributed by atoms with E-state index in [0.29, 0.717) is 5.25 Å². The standard InChI is InChI=1S/C16H15Br2NOS/c1-20-15-8-14(12(17)7-13(15)18)19-9-11-6-10-4-2-3-5-16(10)21-11/h2-5,7-8,11,19H,6,9H2,1H3. The third-order valence-corrected chi connectivity index (χ3v) is 6.07. The van der Waals surface area contributed by atoms with Gasteiger partial charge in [-0.25, -0.2) is 0 Å². The van der Waals surface area contributed by atoms with Crippen LogP contribution in [0.15, 0.2) is 50.2 Å². The number of anilines is 1. The zero-order valence-electron chi connectivity index (χ0n) is 11.5. The number of nitrogens with one attached hydrogen (secondary N) is 1. The Morgan fingerprint density at radius 1 is 1.24 bits per heavy atom. The van der Waals surface area contributed by atoms with E-state index in [4.69, 9.17) is 4.74 Å². The lowest BCUT2D eigenvalue weighted by Gasteiger charge is -2.14. The first-order valence-corrected chi connectivity index (χ1v) is 9.15. The van der Waals surface area contributed by atoms with E-state index in [-0.39, 0.29) is 0 Å². The molecule has 0 bridgehead atoms. The lowest BCUT2D eigenvalue weighted by molar-refractivity contribution is 0.412. The molecule has 1 aliphatic rings. The molecule has 1 N–H and O–H groups in total. The van der Waals surface area contributed by atoms with Gasteiger partial charge in [0.1, 0.15) is 5.75 Å². The van der Waals surface area contributed by atoms with Gasteiger partial charge in [0.15, 0.2) is 0 Å². The van der Waals surface area contributed by atoms with Gasteiger partial charge in [0.2, 0.25) is 0 Å². The summed E-state index contributed by atoms with van der Waals surface area (Å²) >= 11 is 9.04. The molecule has 0 spiro atoms. The fourth-order valence-electron chi connectivity index (χ4n) is 2.41. The van der Waals surface area contributed by atoms with Crippen molar-refractivity contribution in [3.63, 3.8) is 0 Å². The van der Waals surface area contributed by atoms with Crippen LogP contribution in [0.1, 0.15) is 5.56 Å². The van der Waals surface area contributed by atoms with Crippen LogP contribution in [0, 0.1) is 0 Å². The summed E-state index contributed by atoms with van der Waals surface area (Å²) in [5, 5.41) is 4.10. The van der Waals surface area contributed by atoms with Crippen LogP contribution in [-0.2, 0) is 6.42 Å². The number of hydrogen-bond donors (Lipinski definition) is 1. The van der Waals surface area contributed by atoms with Crippen LogP contribution in [0.25, 0.3) is 0 Å². The second kappa shape index (κ2) is 6.63. The van der Waals surface area contributed by atoms with Gasteiger partial charge in [-0.3, -0.25) is 0 Å². The molecule has 1 unspecified atom stereocenters. The predicted octanol–water partition coefficient (Wildman–Crippen LogP) is 5.35. The van der Waals surface area contributed by atoms with Crippen LogP contribution in [0.2, 0.25) is 0 Å². The molecule has 110 valence electrons. The van der Waals surface area contributed by atoms with Gasteiger partial charge in [0, 0.05) is 27.2 Å². The minimum absolute atomic E-state index is 0.573. The van der Waals surface area contributed by atoms with Crippen molar-refractivity contribution in [2.45, 2.75) is 16.6 Å². The molecule has 3 rings (SSSR count). The molecule has 5 heteroatoms. The molecule has 2 nitrogen and oxygen atoms in total. The maximum absolute atomic E-state index is 5.35. The number of hydrogen-bond acceptors (Lipinski definition) is 3. The van der Waals surface area contributed by atoms with E-state index >= 15 is 0 Å². The molecule has 0 aromatic heterocycles. The summed E-state index contributed by atoms with van der Waals surface area (Å²) in [5.41, 5.74) is 2.52. The molecular weight excluding hydrogens is 414 g/mol. The molecule has 2 aromatic rings. The van der Waals surface area contributed by atoms with Gasteiger partial charge >= 0.3 is 0 Å². The number of rotatable bonds is 4. The number of ether oxygens (including phenoxy) is 1. The molecule has 0 radical (unpaired) electrons. The number of thioether (sulfide) groups is 1. The molecule has 1 atom stereocenters. The van der Waals surface area contributed by atoms with Crippen LogP contribution >= 0.6 is 43.6 Å². The van der Waals surface area contributed by atoms with Crippen molar-refractivity contribution in [2.24, 2.45) is 0 Å². The Morgan fingerprint density at radius 2 is 2.05 bits per heavy atom. The average Bonchev–Trinajstić information content (AvgIpc) is 2.89. The number of benzene rings is 2. The Labute approximate surface area is 145 Å². The van der Waals surface area contributed by atoms with Crippen molar-refractivity contribution in [2.75, 3.05) is 19.0 Å². The summed E-state index contributed by atoms with van der Waals surface area (Å²) in [7, 11) is 1.68. The molecule has 0 aliphatic carbocycles. The third kappa shape index (κ3) is 3.41. The quantitative estimate of drug-likeness (QED) is 0.709. The molecule has 1 heterocycles. The zero-order valence-corrected chi connectivity index (χ0v) is 15.5. The van der Waals surface area contributed by atoms with Crippen LogP contribution in [0.5, 0.6) is 5.75 Å². The zero-order chi connectivity index (χ0) is 14.8. The van der Waals surface area contributed by atoms with Crippen molar-refractivity contribution >= 4 is 49.3 Å². The van der Waals surface area contributed by atoms with E-state index in [1.54, 1.807) is 7.11 Å². The molecular formula is C16H15Br2NOS. The molecule has 1 aliphatic heterocycles. The largest absolute Gasteiger partial charge is 0.495 e. The topological polar surface area (TPSA) is 21.3 Å². The lowest BCUT2D eigenvalue weighted by Crippen LogP contribution is -2.16. The van der Waals surface area contributed by atoms with Gasteiger partial charge in [-0.15, -0.1) is 11.8 Å². The van der Waals surface area contributed by atoms with E-state index < -0.39 is 0 Å². The normalized spacial score (nSPS) is 16.6. The summed E-state index contributed by atoms with van der Waals surface area (Å²) in [6, 6.07) is 12.7. The first kappa shape index (κ1) is 15.3. The van der Waals surface area contributed by atoms with E-state index in [1.165, 1.54) is 10.5 Å². The first-order valence-electron chi connectivity index (χ1n) is 6.69. The van der Waals surface area contributed by atoms with Gasteiger partial charge < -0.3 is 10.1 Å². The monoisotopic (exact) mass is 427 g/mol. The number of methoxy groups -OCH3 is 1. The van der Waals surface area contributed by atoms with Gasteiger partial charge in [-0.1, -0.05) is 18.2 Å². The Hall–Kier alpha value is -0.650. The van der Waals surface area contributed by atoms with Crippen molar-refractivity contribution in [1.29, 1.82) is 0 Å². The molecule has 2 aromatic carbocycles. The summed E-state index contributed by atoms with van der Waals surface area (Å²) in [6.07, 6.45) is 1.12. The van der Waals surface area contributed by atoms with Crippen molar-refractivity contribution in [3.05, 3.63) is 50.9 Å². The minimum Gasteiger partial charge on any atom is -0.495 e. The van der Waals surface area contributed by atoms with Crippen LogP contribution < -0.4 is 10.1 Å². The van der Waals surface area contributed by atoms with Crippen LogP contribution in [0.3, 0.4) is 0 Å². The summed E-state index contributed by atoms with van der Waals surface area (Å²) < 4.78 is 7.34. The van der Waals surface area contributed by atoms with Gasteiger partial charge in [-0.2, -0.15) is 0 Å². The van der Waals surface area contributed by atoms with Gasteiger partial charge in [-0.05, 0) is 56.0 Å². The average molecular weight is 429 g/mol. The van der Waals surface area contributed by atoms with E-state index in [2.05, 4.69) is 61.4 Å². The second-order valence-corrected chi connectivity index (χ2v) is 7.95. The fraction of sp³-hybridized carbons (Fsp3) is 0.250. The Bertz CT molecular complexity index is 638. The number of halogens is 2. The highest BCUT2D eigenvalue weighted by Crippen LogP contribution is 2.38. The maximum Gasteiger partial charge on any atom is 0.135 e. The molecule has 0 saturated heterocycles. The minimum atomic E-state index is 0.573. The van der Waals surface area contributed by atoms with Gasteiger partial charge in [0.25, 0.3) is 0 Å². The summed E-state index contributed by atoms with van der Waals surface area (Å²) in [5.74, 6) is 0.836. The summed E-state index contributed by atoms with van der Waals surface area (Å²) in [6.45, 7) is 0.933. The molecule has 0 fully saturated rings. The maximum atomic E-state index is 5.35. The highest BCUT2D eigenvalue weighted by Gasteiger charge is 2.21. The van der Waals surface area contributed by atoms with Crippen molar-refractivity contribution < 1.29 is 4.74 Å². The highest BCUT2D eigenvalue weighted by atomic mass is 79.9. The molecule has 0 amide bonds. The number of fused-ring (bicyclic) bond motifs is 1. The van der Waals surface area contributed by atoms with Crippen molar-refractivity contribution in [1.82, 2.24) is 0 Å². The predicted molar refractivity (Wildman–Crippen MR) is 96.7 cm³/mol. The van der Waals surface area contributed by atoms with Crippen LogP contribution in [0.4, 0.5) is 5.69 Å². The lowest BCUT2D eigenvalue weighted by atomic mass is 10.1. The molecule has 21 heavy (non-hydrogen) atoms. The van der Waals surface area contributed by atoms with Crippen molar-refractivity contribution in [3.8, 4) is 5.75 Å². The first-order chi connectivity index (χ1) is 10.2. The van der Waals surface area contributed by atoms with E-state index in [0.717, 1.165) is 33.3 Å². The fourth-order valence-corrected chi connectivity index (χ4v) is 4.96. The third-order valence-electron chi connectivity index (χ3n) is 3.48. The highest BCUT2D eigenvalue weighted by molar-refractivity contribution is 9.11. The molecule has 0 saturated carbocycles. The second-order valence-electron chi connectivity index (χ2n) is 4.90. The SMILES string of the molecule is COc1cc(NCC2Cc3ccccc3S2)c(Br)cc1Br. The van der Waals surface area contributed by atoms with Gasteiger partial charge in [0.05, 0.1) is 17.3 Å². The Morgan fingerprint density at radius 3 is 2.81 bits per heavy atom. The summed E-state index contributed by atoms with van der Waals surface area (Å²) in [4.78, 5) is 1.41. The van der Waals surface area contributed by atoms with Crippen LogP contribution in [-0.4, -0.2) is 18.9 Å².